The van der Waals surface area contributed by atoms with Crippen LogP contribution in [0.25, 0.3) is 0 Å². The largest absolute Gasteiger partial charge is 0.438 e. The van der Waals surface area contributed by atoms with Gasteiger partial charge in [-0.25, -0.2) is 0 Å². The molecule has 1 aromatic heterocycles. The third kappa shape index (κ3) is 2.27. The quantitative estimate of drug-likeness (QED) is 0.728. The van der Waals surface area contributed by atoms with E-state index in [1.165, 1.54) is 12.8 Å². The van der Waals surface area contributed by atoms with Gasteiger partial charge in [0.1, 0.15) is 0 Å². The van der Waals surface area contributed by atoms with Crippen molar-refractivity contribution in [3.8, 4) is 0 Å². The fourth-order valence-electron chi connectivity index (χ4n) is 2.15. The minimum Gasteiger partial charge on any atom is -0.438 e. The number of piperidine rings is 1. The molecule has 0 aromatic carbocycles. The van der Waals surface area contributed by atoms with Crippen molar-refractivity contribution in [2.75, 3.05) is 32.1 Å². The number of hydrogen-bond acceptors (Lipinski definition) is 4. The molecular weight excluding hydrogens is 204 g/mol. The average Bonchev–Trinajstić information content (AvgIpc) is 2.77. The van der Waals surface area contributed by atoms with Crippen LogP contribution in [0.4, 0.5) is 5.88 Å². The second kappa shape index (κ2) is 4.70. The van der Waals surface area contributed by atoms with Gasteiger partial charge in [-0.2, -0.15) is 0 Å². The summed E-state index contributed by atoms with van der Waals surface area (Å²) in [5.74, 6) is 1.22. The van der Waals surface area contributed by atoms with Crippen molar-refractivity contribution in [3.63, 3.8) is 0 Å². The van der Waals surface area contributed by atoms with Gasteiger partial charge in [-0.3, -0.25) is 4.79 Å². The second-order valence-corrected chi connectivity index (χ2v) is 4.50. The van der Waals surface area contributed by atoms with Crippen LogP contribution in [0.3, 0.4) is 0 Å². The van der Waals surface area contributed by atoms with E-state index in [0.29, 0.717) is 11.8 Å². The van der Waals surface area contributed by atoms with Gasteiger partial charge in [-0.05, 0) is 33.0 Å². The van der Waals surface area contributed by atoms with Crippen molar-refractivity contribution in [1.29, 1.82) is 0 Å². The van der Waals surface area contributed by atoms with Gasteiger partial charge in [0.15, 0.2) is 17.9 Å². The number of hydrogen-bond donors (Lipinski definition) is 0. The zero-order valence-electron chi connectivity index (χ0n) is 9.85. The van der Waals surface area contributed by atoms with Crippen LogP contribution in [-0.4, -0.2) is 44.4 Å². The molecule has 1 aromatic rings. The van der Waals surface area contributed by atoms with Gasteiger partial charge in [-0.15, -0.1) is 0 Å². The summed E-state index contributed by atoms with van der Waals surface area (Å²) >= 11 is 0. The second-order valence-electron chi connectivity index (χ2n) is 4.50. The summed E-state index contributed by atoms with van der Waals surface area (Å²) in [5, 5.41) is 0. The lowest BCUT2D eigenvalue weighted by Crippen LogP contribution is -2.45. The van der Waals surface area contributed by atoms with Gasteiger partial charge in [0, 0.05) is 25.2 Å². The predicted octanol–water partition coefficient (Wildman–Crippen LogP) is 1.62. The molecule has 1 aliphatic rings. The molecule has 88 valence electrons. The first kappa shape index (κ1) is 11.2. The molecule has 0 amide bonds. The summed E-state index contributed by atoms with van der Waals surface area (Å²) in [6.45, 7) is 1.98. The number of aldehydes is 1. The molecule has 1 saturated heterocycles. The van der Waals surface area contributed by atoms with Crippen LogP contribution in [0.1, 0.15) is 23.4 Å². The number of likely N-dealkylation sites (N-methyl/N-ethyl adjacent to an activating group) is 1. The number of carbonyl (C=O) groups is 1. The van der Waals surface area contributed by atoms with Gasteiger partial charge in [0.25, 0.3) is 0 Å². The molecule has 0 bridgehead atoms. The van der Waals surface area contributed by atoms with E-state index in [4.69, 9.17) is 4.42 Å². The van der Waals surface area contributed by atoms with Gasteiger partial charge in [0.2, 0.25) is 0 Å². The highest BCUT2D eigenvalue weighted by Crippen LogP contribution is 2.23. The monoisotopic (exact) mass is 222 g/mol. The van der Waals surface area contributed by atoms with E-state index in [1.54, 1.807) is 6.07 Å². The Kier molecular flexibility index (Phi) is 3.29. The summed E-state index contributed by atoms with van der Waals surface area (Å²) < 4.78 is 5.44. The van der Waals surface area contributed by atoms with Crippen LogP contribution >= 0.6 is 0 Å². The maximum atomic E-state index is 10.6. The zero-order chi connectivity index (χ0) is 11.5. The summed E-state index contributed by atoms with van der Waals surface area (Å²) in [4.78, 5) is 15.0. The summed E-state index contributed by atoms with van der Waals surface area (Å²) in [5.41, 5.74) is 0. The Balaban J connectivity index is 2.06. The lowest BCUT2D eigenvalue weighted by Gasteiger charge is -2.35. The first-order valence-corrected chi connectivity index (χ1v) is 5.67. The SMILES string of the molecule is CN(C)C1CCCN(c2ccc(C=O)o2)C1. The van der Waals surface area contributed by atoms with E-state index in [1.807, 2.05) is 6.07 Å². The van der Waals surface area contributed by atoms with Crippen LogP contribution in [0.2, 0.25) is 0 Å². The molecule has 2 rings (SSSR count). The Morgan fingerprint density at radius 3 is 2.94 bits per heavy atom. The minimum absolute atomic E-state index is 0.405. The van der Waals surface area contributed by atoms with E-state index in [2.05, 4.69) is 23.9 Å². The van der Waals surface area contributed by atoms with Crippen molar-refractivity contribution < 1.29 is 9.21 Å². The van der Waals surface area contributed by atoms with Crippen molar-refractivity contribution >= 4 is 12.2 Å². The predicted molar refractivity (Wildman–Crippen MR) is 63.0 cm³/mol. The molecule has 16 heavy (non-hydrogen) atoms. The molecule has 1 unspecified atom stereocenters. The highest BCUT2D eigenvalue weighted by Gasteiger charge is 2.23. The first-order chi connectivity index (χ1) is 7.70. The molecule has 1 aliphatic heterocycles. The maximum absolute atomic E-state index is 10.6. The number of carbonyl (C=O) groups excluding carboxylic acids is 1. The van der Waals surface area contributed by atoms with Crippen LogP contribution < -0.4 is 4.90 Å². The van der Waals surface area contributed by atoms with E-state index >= 15 is 0 Å². The average molecular weight is 222 g/mol. The normalized spacial score (nSPS) is 21.4. The molecule has 2 heterocycles. The smallest absolute Gasteiger partial charge is 0.196 e. The Morgan fingerprint density at radius 2 is 2.31 bits per heavy atom. The molecule has 1 fully saturated rings. The topological polar surface area (TPSA) is 36.7 Å². The molecule has 4 heteroatoms. The van der Waals surface area contributed by atoms with Crippen molar-refractivity contribution in [2.45, 2.75) is 18.9 Å². The van der Waals surface area contributed by atoms with Crippen molar-refractivity contribution in [3.05, 3.63) is 17.9 Å². The molecule has 0 N–H and O–H groups in total. The number of furan rings is 1. The molecule has 0 aliphatic carbocycles. The van der Waals surface area contributed by atoms with Gasteiger partial charge >= 0.3 is 0 Å². The van der Waals surface area contributed by atoms with Gasteiger partial charge in [0.05, 0.1) is 0 Å². The van der Waals surface area contributed by atoms with Crippen LogP contribution in [0.15, 0.2) is 16.5 Å². The van der Waals surface area contributed by atoms with Gasteiger partial charge < -0.3 is 14.2 Å². The van der Waals surface area contributed by atoms with E-state index in [-0.39, 0.29) is 0 Å². The van der Waals surface area contributed by atoms with Crippen molar-refractivity contribution in [2.24, 2.45) is 0 Å². The van der Waals surface area contributed by atoms with Crippen LogP contribution in [-0.2, 0) is 0 Å². The Bertz CT molecular complexity index is 360. The maximum Gasteiger partial charge on any atom is 0.196 e. The van der Waals surface area contributed by atoms with Crippen LogP contribution in [0.5, 0.6) is 0 Å². The standard InChI is InChI=1S/C12H18N2O2/c1-13(2)10-4-3-7-14(8-10)12-6-5-11(9-15)16-12/h5-6,9-10H,3-4,7-8H2,1-2H3. The Labute approximate surface area is 95.8 Å². The number of nitrogens with zero attached hydrogens (tertiary/aromatic N) is 2. The highest BCUT2D eigenvalue weighted by atomic mass is 16.4. The van der Waals surface area contributed by atoms with Crippen LogP contribution in [0, 0.1) is 0 Å². The third-order valence-corrected chi connectivity index (χ3v) is 3.17. The lowest BCUT2D eigenvalue weighted by atomic mass is 10.1. The minimum atomic E-state index is 0.405. The fourth-order valence-corrected chi connectivity index (χ4v) is 2.15. The Morgan fingerprint density at radius 1 is 1.50 bits per heavy atom. The molecule has 0 spiro atoms. The summed E-state index contributed by atoms with van der Waals surface area (Å²) in [6.07, 6.45) is 3.14. The number of anilines is 1. The van der Waals surface area contributed by atoms with E-state index < -0.39 is 0 Å². The van der Waals surface area contributed by atoms with E-state index in [0.717, 1.165) is 25.3 Å². The lowest BCUT2D eigenvalue weighted by molar-refractivity contribution is 0.110. The summed E-state index contributed by atoms with van der Waals surface area (Å²) in [7, 11) is 4.21. The van der Waals surface area contributed by atoms with Crippen molar-refractivity contribution in [1.82, 2.24) is 4.90 Å². The van der Waals surface area contributed by atoms with Gasteiger partial charge in [-0.1, -0.05) is 0 Å². The summed E-state index contributed by atoms with van der Waals surface area (Å²) in [6, 6.07) is 4.17. The fraction of sp³-hybridized carbons (Fsp3) is 0.583. The molecule has 1 atom stereocenters. The third-order valence-electron chi connectivity index (χ3n) is 3.17. The molecular formula is C12H18N2O2. The molecule has 4 nitrogen and oxygen atoms in total. The molecule has 0 radical (unpaired) electrons. The number of rotatable bonds is 3. The molecule has 0 saturated carbocycles. The Hall–Kier alpha value is -1.29. The first-order valence-electron chi connectivity index (χ1n) is 5.67. The highest BCUT2D eigenvalue weighted by molar-refractivity contribution is 5.71. The zero-order valence-corrected chi connectivity index (χ0v) is 9.85. The van der Waals surface area contributed by atoms with E-state index in [9.17, 15) is 4.79 Å².